The van der Waals surface area contributed by atoms with Gasteiger partial charge in [-0.25, -0.2) is 9.97 Å². The van der Waals surface area contributed by atoms with Crippen LogP contribution in [0.25, 0.3) is 22.2 Å². The Bertz CT molecular complexity index is 1610. The SMILES string of the molecule is N#CC(c1cccc(Oc2ccc(Cl)c(-c3ncnc4c(C(F)(F)F)cccc34)c2)c1)=S(=O)=O. The predicted molar refractivity (Wildman–Crippen MR) is 120 cm³/mol. The van der Waals surface area contributed by atoms with Crippen LogP contribution in [-0.4, -0.2) is 23.3 Å². The summed E-state index contributed by atoms with van der Waals surface area (Å²) in [6.45, 7) is 0. The van der Waals surface area contributed by atoms with Crippen molar-refractivity contribution in [1.82, 2.24) is 9.97 Å². The number of halogens is 4. The molecule has 1 heterocycles. The Kier molecular flexibility index (Phi) is 6.24. The summed E-state index contributed by atoms with van der Waals surface area (Å²) in [5.41, 5.74) is -0.521. The van der Waals surface area contributed by atoms with E-state index >= 15 is 0 Å². The minimum Gasteiger partial charge on any atom is -0.457 e. The van der Waals surface area contributed by atoms with E-state index in [9.17, 15) is 21.6 Å². The van der Waals surface area contributed by atoms with E-state index in [0.717, 1.165) is 12.4 Å². The van der Waals surface area contributed by atoms with Crippen LogP contribution < -0.4 is 4.74 Å². The van der Waals surface area contributed by atoms with E-state index in [2.05, 4.69) is 9.97 Å². The second kappa shape index (κ2) is 9.13. The minimum absolute atomic E-state index is 0.143. The van der Waals surface area contributed by atoms with E-state index in [1.165, 1.54) is 48.5 Å². The van der Waals surface area contributed by atoms with Crippen molar-refractivity contribution in [2.45, 2.75) is 6.18 Å². The van der Waals surface area contributed by atoms with Crippen LogP contribution in [0, 0.1) is 11.3 Å². The van der Waals surface area contributed by atoms with E-state index in [4.69, 9.17) is 21.6 Å². The van der Waals surface area contributed by atoms with Crippen molar-refractivity contribution in [3.63, 3.8) is 0 Å². The Morgan fingerprint density at radius 3 is 2.44 bits per heavy atom. The first-order valence-electron chi connectivity index (χ1n) is 9.44. The number of alkyl halides is 3. The molecule has 11 heteroatoms. The van der Waals surface area contributed by atoms with Crippen LogP contribution in [0.2, 0.25) is 5.02 Å². The molecular formula is C23H11ClF3N3O3S. The van der Waals surface area contributed by atoms with Gasteiger partial charge in [-0.15, -0.1) is 0 Å². The normalized spacial score (nSPS) is 11.1. The van der Waals surface area contributed by atoms with Gasteiger partial charge in [0.2, 0.25) is 10.3 Å². The molecule has 0 spiro atoms. The summed E-state index contributed by atoms with van der Waals surface area (Å²) in [6, 6.07) is 15.7. The molecule has 4 aromatic rings. The maximum Gasteiger partial charge on any atom is 0.418 e. The van der Waals surface area contributed by atoms with Gasteiger partial charge in [-0.1, -0.05) is 35.9 Å². The fourth-order valence-electron chi connectivity index (χ4n) is 3.32. The van der Waals surface area contributed by atoms with Crippen molar-refractivity contribution in [3.8, 4) is 28.8 Å². The molecule has 1 aromatic heterocycles. The zero-order chi connectivity index (χ0) is 24.5. The van der Waals surface area contributed by atoms with Crippen LogP contribution in [0.15, 0.2) is 67.0 Å². The number of para-hydroxylation sites is 1. The highest BCUT2D eigenvalue weighted by Crippen LogP contribution is 2.39. The van der Waals surface area contributed by atoms with Crippen molar-refractivity contribution in [2.75, 3.05) is 0 Å². The van der Waals surface area contributed by atoms with E-state index in [1.807, 2.05) is 0 Å². The van der Waals surface area contributed by atoms with Gasteiger partial charge in [0.1, 0.15) is 23.9 Å². The number of ether oxygens (including phenoxy) is 1. The molecule has 34 heavy (non-hydrogen) atoms. The molecule has 170 valence electrons. The van der Waals surface area contributed by atoms with Gasteiger partial charge in [-0.3, -0.25) is 0 Å². The summed E-state index contributed by atoms with van der Waals surface area (Å²) < 4.78 is 68.6. The number of benzene rings is 3. The molecule has 0 saturated carbocycles. The topological polar surface area (TPSA) is 92.9 Å². The van der Waals surface area contributed by atoms with Gasteiger partial charge in [0.15, 0.2) is 4.86 Å². The zero-order valence-electron chi connectivity index (χ0n) is 16.8. The van der Waals surface area contributed by atoms with Crippen LogP contribution >= 0.6 is 11.6 Å². The van der Waals surface area contributed by atoms with Crippen LogP contribution in [0.3, 0.4) is 0 Å². The molecule has 0 fully saturated rings. The number of rotatable bonds is 4. The highest BCUT2D eigenvalue weighted by Gasteiger charge is 2.33. The van der Waals surface area contributed by atoms with Crippen LogP contribution in [0.5, 0.6) is 11.5 Å². The third-order valence-corrected chi connectivity index (χ3v) is 5.75. The fraction of sp³-hybridized carbons (Fsp3) is 0.0435. The van der Waals surface area contributed by atoms with E-state index in [-0.39, 0.29) is 38.7 Å². The van der Waals surface area contributed by atoms with Gasteiger partial charge < -0.3 is 4.74 Å². The second-order valence-corrected chi connectivity index (χ2v) is 8.15. The molecule has 0 amide bonds. The van der Waals surface area contributed by atoms with E-state index < -0.39 is 26.9 Å². The first-order chi connectivity index (χ1) is 16.2. The first-order valence-corrected chi connectivity index (χ1v) is 10.9. The average molecular weight is 502 g/mol. The fourth-order valence-corrected chi connectivity index (χ4v) is 3.92. The zero-order valence-corrected chi connectivity index (χ0v) is 18.4. The van der Waals surface area contributed by atoms with E-state index in [0.29, 0.717) is 5.56 Å². The first kappa shape index (κ1) is 23.2. The van der Waals surface area contributed by atoms with Crippen molar-refractivity contribution in [1.29, 1.82) is 5.26 Å². The molecule has 0 radical (unpaired) electrons. The largest absolute Gasteiger partial charge is 0.457 e. The molecule has 3 aromatic carbocycles. The minimum atomic E-state index is -4.60. The average Bonchev–Trinajstić information content (AvgIpc) is 2.79. The summed E-state index contributed by atoms with van der Waals surface area (Å²) >= 11 is 6.34. The Morgan fingerprint density at radius 2 is 1.74 bits per heavy atom. The third kappa shape index (κ3) is 4.57. The number of fused-ring (bicyclic) bond motifs is 1. The Hall–Kier alpha value is -3.94. The molecule has 0 aliphatic rings. The van der Waals surface area contributed by atoms with Crippen molar-refractivity contribution < 1.29 is 26.3 Å². The predicted octanol–water partition coefficient (Wildman–Crippen LogP) is 5.68. The molecule has 0 N–H and O–H groups in total. The number of hydrogen-bond acceptors (Lipinski definition) is 6. The maximum absolute atomic E-state index is 13.4. The third-order valence-electron chi connectivity index (χ3n) is 4.76. The van der Waals surface area contributed by atoms with Gasteiger partial charge in [0.25, 0.3) is 0 Å². The van der Waals surface area contributed by atoms with Crippen LogP contribution in [0.4, 0.5) is 13.2 Å². The number of nitrogens with zero attached hydrogens (tertiary/aromatic N) is 3. The van der Waals surface area contributed by atoms with Crippen LogP contribution in [0.1, 0.15) is 11.1 Å². The number of aromatic nitrogens is 2. The molecule has 4 rings (SSSR count). The summed E-state index contributed by atoms with van der Waals surface area (Å²) in [7, 11) is -2.72. The highest BCUT2D eigenvalue weighted by atomic mass is 35.5. The Balaban J connectivity index is 1.79. The molecule has 0 aliphatic carbocycles. The Morgan fingerprint density at radius 1 is 1.00 bits per heavy atom. The molecule has 0 atom stereocenters. The monoisotopic (exact) mass is 501 g/mol. The second-order valence-electron chi connectivity index (χ2n) is 6.87. The Labute approximate surface area is 197 Å². The number of nitriles is 1. The highest BCUT2D eigenvalue weighted by molar-refractivity contribution is 7.74. The van der Waals surface area contributed by atoms with Crippen LogP contribution in [-0.2, 0) is 16.5 Å². The van der Waals surface area contributed by atoms with Crippen molar-refractivity contribution in [2.24, 2.45) is 0 Å². The van der Waals surface area contributed by atoms with Gasteiger partial charge >= 0.3 is 6.18 Å². The van der Waals surface area contributed by atoms with Gasteiger partial charge in [0, 0.05) is 16.5 Å². The smallest absolute Gasteiger partial charge is 0.418 e. The summed E-state index contributed by atoms with van der Waals surface area (Å²) in [4.78, 5) is 7.52. The maximum atomic E-state index is 13.4. The molecule has 0 saturated heterocycles. The van der Waals surface area contributed by atoms with Crippen molar-refractivity contribution in [3.05, 3.63) is 83.1 Å². The summed E-state index contributed by atoms with van der Waals surface area (Å²) in [5.74, 6) is 0.493. The van der Waals surface area contributed by atoms with Gasteiger partial charge in [-0.05, 0) is 36.4 Å². The molecule has 0 unspecified atom stereocenters. The molecular weight excluding hydrogens is 491 g/mol. The summed E-state index contributed by atoms with van der Waals surface area (Å²) in [6.07, 6.45) is -3.57. The van der Waals surface area contributed by atoms with E-state index in [1.54, 1.807) is 12.1 Å². The molecule has 0 bridgehead atoms. The lowest BCUT2D eigenvalue weighted by atomic mass is 10.0. The summed E-state index contributed by atoms with van der Waals surface area (Å²) in [5, 5.41) is 9.44. The standard InChI is InChI=1S/C23H11ClF3N3O3S/c24-19-8-7-15(33-14-4-1-3-13(9-14)20(11-28)34(31)32)10-17(19)21-16-5-2-6-18(23(25,26)27)22(16)30-12-29-21/h1-10,12H. The lowest BCUT2D eigenvalue weighted by Gasteiger charge is -2.13. The van der Waals surface area contributed by atoms with Gasteiger partial charge in [-0.2, -0.15) is 26.9 Å². The van der Waals surface area contributed by atoms with Gasteiger partial charge in [0.05, 0.1) is 21.8 Å². The lowest BCUT2D eigenvalue weighted by Crippen LogP contribution is -2.07. The quantitative estimate of drug-likeness (QED) is 0.264. The lowest BCUT2D eigenvalue weighted by molar-refractivity contribution is -0.136. The molecule has 0 aliphatic heterocycles. The molecule has 6 nitrogen and oxygen atoms in total. The van der Waals surface area contributed by atoms with Crippen molar-refractivity contribution >= 4 is 37.7 Å². The number of hydrogen-bond donors (Lipinski definition) is 0.